The van der Waals surface area contributed by atoms with E-state index in [1.165, 1.54) is 19.2 Å². The maximum absolute atomic E-state index is 12.0. The zero-order chi connectivity index (χ0) is 15.6. The first-order chi connectivity index (χ1) is 9.82. The molecule has 1 aliphatic heterocycles. The molecule has 1 saturated heterocycles. The van der Waals surface area contributed by atoms with Crippen LogP contribution in [0.2, 0.25) is 0 Å². The lowest BCUT2D eigenvalue weighted by Gasteiger charge is -2.33. The van der Waals surface area contributed by atoms with Crippen molar-refractivity contribution in [1.82, 2.24) is 0 Å². The van der Waals surface area contributed by atoms with Gasteiger partial charge in [-0.3, -0.25) is 0 Å². The van der Waals surface area contributed by atoms with Crippen molar-refractivity contribution in [3.05, 3.63) is 23.8 Å². The number of sulfonamides is 1. The molecule has 0 spiro atoms. The van der Waals surface area contributed by atoms with E-state index in [0.29, 0.717) is 11.6 Å². The molecular weight excluding hydrogens is 292 g/mol. The molecule has 7 heteroatoms. The van der Waals surface area contributed by atoms with Gasteiger partial charge in [0, 0.05) is 13.1 Å². The van der Waals surface area contributed by atoms with Gasteiger partial charge in [0.05, 0.1) is 23.3 Å². The lowest BCUT2D eigenvalue weighted by atomic mass is 9.99. The summed E-state index contributed by atoms with van der Waals surface area (Å²) >= 11 is 0. The minimum atomic E-state index is -3.85. The predicted octanol–water partition coefficient (Wildman–Crippen LogP) is 1.36. The van der Waals surface area contributed by atoms with Crippen molar-refractivity contribution in [3.63, 3.8) is 0 Å². The monoisotopic (exact) mass is 312 g/mol. The second-order valence-corrected chi connectivity index (χ2v) is 6.97. The van der Waals surface area contributed by atoms with Crippen LogP contribution in [0, 0.1) is 5.92 Å². The van der Waals surface area contributed by atoms with Gasteiger partial charge in [0.1, 0.15) is 0 Å². The molecule has 0 saturated carbocycles. The SMILES string of the molecule is COC(=O)c1cc(S(N)(=O)=O)ccc1N1CCCC(C)C1. The van der Waals surface area contributed by atoms with Crippen LogP contribution in [0.5, 0.6) is 0 Å². The van der Waals surface area contributed by atoms with Crippen LogP contribution < -0.4 is 10.0 Å². The summed E-state index contributed by atoms with van der Waals surface area (Å²) in [7, 11) is -2.58. The van der Waals surface area contributed by atoms with Gasteiger partial charge in [0.2, 0.25) is 10.0 Å². The summed E-state index contributed by atoms with van der Waals surface area (Å²) in [5.74, 6) is -0.0316. The van der Waals surface area contributed by atoms with E-state index in [0.717, 1.165) is 25.9 Å². The molecule has 1 atom stereocenters. The minimum absolute atomic E-state index is 0.0864. The number of nitrogens with zero attached hydrogens (tertiary/aromatic N) is 1. The number of piperidine rings is 1. The highest BCUT2D eigenvalue weighted by molar-refractivity contribution is 7.89. The molecule has 1 fully saturated rings. The van der Waals surface area contributed by atoms with Gasteiger partial charge in [-0.15, -0.1) is 0 Å². The number of carbonyl (C=O) groups excluding carboxylic acids is 1. The van der Waals surface area contributed by atoms with Gasteiger partial charge in [0.15, 0.2) is 0 Å². The molecular formula is C14H20N2O4S. The number of primary sulfonamides is 1. The van der Waals surface area contributed by atoms with E-state index in [9.17, 15) is 13.2 Å². The smallest absolute Gasteiger partial charge is 0.340 e. The summed E-state index contributed by atoms with van der Waals surface area (Å²) in [6.07, 6.45) is 2.19. The van der Waals surface area contributed by atoms with Crippen molar-refractivity contribution >= 4 is 21.7 Å². The molecule has 1 aromatic carbocycles. The molecule has 2 N–H and O–H groups in total. The summed E-state index contributed by atoms with van der Waals surface area (Å²) in [6, 6.07) is 4.34. The summed E-state index contributed by atoms with van der Waals surface area (Å²) in [5, 5.41) is 5.12. The molecule has 0 radical (unpaired) electrons. The van der Waals surface area contributed by atoms with Gasteiger partial charge in [-0.2, -0.15) is 0 Å². The molecule has 1 heterocycles. The van der Waals surface area contributed by atoms with E-state index in [4.69, 9.17) is 9.88 Å². The highest BCUT2D eigenvalue weighted by Crippen LogP contribution is 2.28. The molecule has 0 amide bonds. The predicted molar refractivity (Wildman–Crippen MR) is 79.8 cm³/mol. The van der Waals surface area contributed by atoms with Gasteiger partial charge in [0.25, 0.3) is 0 Å². The van der Waals surface area contributed by atoms with E-state index >= 15 is 0 Å². The average molecular weight is 312 g/mol. The van der Waals surface area contributed by atoms with Gasteiger partial charge in [-0.05, 0) is 37.0 Å². The molecule has 0 bridgehead atoms. The van der Waals surface area contributed by atoms with Crippen molar-refractivity contribution in [1.29, 1.82) is 0 Å². The molecule has 1 aliphatic rings. The molecule has 21 heavy (non-hydrogen) atoms. The Morgan fingerprint density at radius 2 is 2.14 bits per heavy atom. The number of hydrogen-bond acceptors (Lipinski definition) is 5. The number of anilines is 1. The normalized spacial score (nSPS) is 19.4. The van der Waals surface area contributed by atoms with Crippen LogP contribution in [0.15, 0.2) is 23.1 Å². The van der Waals surface area contributed by atoms with Crippen molar-refractivity contribution < 1.29 is 17.9 Å². The van der Waals surface area contributed by atoms with Crippen molar-refractivity contribution in [3.8, 4) is 0 Å². The quantitative estimate of drug-likeness (QED) is 0.851. The average Bonchev–Trinajstić information content (AvgIpc) is 2.45. The molecule has 2 rings (SSSR count). The minimum Gasteiger partial charge on any atom is -0.465 e. The third-order valence-corrected chi connectivity index (χ3v) is 4.61. The first kappa shape index (κ1) is 15.8. The summed E-state index contributed by atoms with van der Waals surface area (Å²) in [5.41, 5.74) is 0.930. The zero-order valence-electron chi connectivity index (χ0n) is 12.2. The first-order valence-corrected chi connectivity index (χ1v) is 8.37. The third-order valence-electron chi connectivity index (χ3n) is 3.70. The number of hydrogen-bond donors (Lipinski definition) is 1. The Morgan fingerprint density at radius 1 is 1.43 bits per heavy atom. The maximum atomic E-state index is 12.0. The van der Waals surface area contributed by atoms with Gasteiger partial charge < -0.3 is 9.64 Å². The van der Waals surface area contributed by atoms with Crippen LogP contribution in [-0.2, 0) is 14.8 Å². The Morgan fingerprint density at radius 3 is 2.71 bits per heavy atom. The van der Waals surface area contributed by atoms with Crippen LogP contribution >= 0.6 is 0 Å². The molecule has 0 aliphatic carbocycles. The van der Waals surface area contributed by atoms with Crippen molar-refractivity contribution in [2.45, 2.75) is 24.7 Å². The maximum Gasteiger partial charge on any atom is 0.340 e. The number of methoxy groups -OCH3 is 1. The molecule has 0 aromatic heterocycles. The number of carbonyl (C=O) groups is 1. The second-order valence-electron chi connectivity index (χ2n) is 5.41. The van der Waals surface area contributed by atoms with Crippen LogP contribution in [0.4, 0.5) is 5.69 Å². The van der Waals surface area contributed by atoms with E-state index < -0.39 is 16.0 Å². The van der Waals surface area contributed by atoms with E-state index in [2.05, 4.69) is 11.8 Å². The second kappa shape index (κ2) is 6.03. The highest BCUT2D eigenvalue weighted by atomic mass is 32.2. The Hall–Kier alpha value is -1.60. The van der Waals surface area contributed by atoms with Crippen LogP contribution in [0.25, 0.3) is 0 Å². The fourth-order valence-electron chi connectivity index (χ4n) is 2.65. The van der Waals surface area contributed by atoms with Crippen LogP contribution in [0.1, 0.15) is 30.1 Å². The lowest BCUT2D eigenvalue weighted by Crippen LogP contribution is -2.35. The van der Waals surface area contributed by atoms with E-state index in [-0.39, 0.29) is 10.5 Å². The summed E-state index contributed by atoms with van der Waals surface area (Å²) in [4.78, 5) is 14.0. The van der Waals surface area contributed by atoms with Crippen molar-refractivity contribution in [2.24, 2.45) is 11.1 Å². The summed E-state index contributed by atoms with van der Waals surface area (Å²) < 4.78 is 27.7. The van der Waals surface area contributed by atoms with E-state index in [1.54, 1.807) is 6.07 Å². The van der Waals surface area contributed by atoms with Gasteiger partial charge >= 0.3 is 5.97 Å². The number of esters is 1. The fourth-order valence-corrected chi connectivity index (χ4v) is 3.19. The van der Waals surface area contributed by atoms with Gasteiger partial charge in [-0.25, -0.2) is 18.4 Å². The standard InChI is InChI=1S/C14H20N2O4S/c1-10-4-3-7-16(9-10)13-6-5-11(21(15,18)19)8-12(13)14(17)20-2/h5-6,8,10H,3-4,7,9H2,1-2H3,(H2,15,18,19). The zero-order valence-corrected chi connectivity index (χ0v) is 13.0. The Labute approximate surface area is 124 Å². The Balaban J connectivity index is 2.47. The number of ether oxygens (including phenoxy) is 1. The number of rotatable bonds is 3. The number of nitrogens with two attached hydrogens (primary N) is 1. The third kappa shape index (κ3) is 3.54. The van der Waals surface area contributed by atoms with E-state index in [1.807, 2.05) is 0 Å². The Bertz CT molecular complexity index is 642. The first-order valence-electron chi connectivity index (χ1n) is 6.83. The highest BCUT2D eigenvalue weighted by Gasteiger charge is 2.23. The van der Waals surface area contributed by atoms with Crippen LogP contribution in [-0.4, -0.2) is 34.6 Å². The van der Waals surface area contributed by atoms with Crippen LogP contribution in [0.3, 0.4) is 0 Å². The molecule has 116 valence electrons. The largest absolute Gasteiger partial charge is 0.465 e. The molecule has 1 unspecified atom stereocenters. The molecule has 1 aromatic rings. The fraction of sp³-hybridized carbons (Fsp3) is 0.500. The Kier molecular flexibility index (Phi) is 4.53. The molecule has 6 nitrogen and oxygen atoms in total. The topological polar surface area (TPSA) is 89.7 Å². The van der Waals surface area contributed by atoms with Crippen molar-refractivity contribution in [2.75, 3.05) is 25.1 Å². The van der Waals surface area contributed by atoms with Gasteiger partial charge in [-0.1, -0.05) is 6.92 Å². The lowest BCUT2D eigenvalue weighted by molar-refractivity contribution is 0.0601. The number of benzene rings is 1. The summed E-state index contributed by atoms with van der Waals surface area (Å²) in [6.45, 7) is 3.82.